The monoisotopic (exact) mass is 974 g/mol. The van der Waals surface area contributed by atoms with E-state index in [2.05, 4.69) is 26.0 Å². The van der Waals surface area contributed by atoms with Crippen LogP contribution in [0.25, 0.3) is 0 Å². The Kier molecular flexibility index (Phi) is 41.3. The number of likely N-dealkylation sites (N-methyl/N-ethyl adjacent to an activating group) is 1. The van der Waals surface area contributed by atoms with Gasteiger partial charge in [0.15, 0.2) is 6.10 Å². The van der Waals surface area contributed by atoms with E-state index < -0.39 is 62.4 Å². The summed E-state index contributed by atoms with van der Waals surface area (Å²) in [7, 11) is 1.22. The van der Waals surface area contributed by atoms with Crippen LogP contribution >= 0.6 is 19.6 Å². The number of esters is 2. The number of aliphatic hydroxyl groups excluding tert-OH is 1. The van der Waals surface area contributed by atoms with Crippen LogP contribution in [-0.4, -0.2) is 114 Å². The van der Waals surface area contributed by atoms with Gasteiger partial charge < -0.3 is 34.8 Å². The topological polar surface area (TPSA) is 192 Å². The van der Waals surface area contributed by atoms with E-state index in [1.807, 2.05) is 45.4 Å². The third-order valence-corrected chi connectivity index (χ3v) is 13.3. The summed E-state index contributed by atoms with van der Waals surface area (Å²) in [5, 5.41) is 19.5. The van der Waals surface area contributed by atoms with Gasteiger partial charge in [-0.3, -0.25) is 23.4 Å². The second kappa shape index (κ2) is 42.8. The lowest BCUT2D eigenvalue weighted by molar-refractivity contribution is -0.870. The molecule has 0 aliphatic carbocycles. The molecule has 0 rings (SSSR count). The van der Waals surface area contributed by atoms with E-state index in [0.29, 0.717) is 17.4 Å². The summed E-state index contributed by atoms with van der Waals surface area (Å²) >= 11 is 1.23. The smallest absolute Gasteiger partial charge is 0.472 e. The number of carboxylic acid groups (broad SMARTS) is 1. The van der Waals surface area contributed by atoms with Gasteiger partial charge in [-0.2, -0.15) is 0 Å². The zero-order valence-electron chi connectivity index (χ0n) is 41.8. The molecule has 0 aliphatic heterocycles. The number of phosphoric ester groups is 1. The van der Waals surface area contributed by atoms with Crippen LogP contribution in [0.2, 0.25) is 0 Å². The highest BCUT2D eigenvalue weighted by molar-refractivity contribution is 8.00. The minimum Gasteiger partial charge on any atom is -0.481 e. The van der Waals surface area contributed by atoms with Crippen LogP contribution in [0.4, 0.5) is 0 Å². The molecule has 13 nitrogen and oxygen atoms in total. The average Bonchev–Trinajstić information content (AvgIpc) is 3.26. The summed E-state index contributed by atoms with van der Waals surface area (Å²) in [5.41, 5.74) is 6.22. The molecular formula is C51H94N2O11PS+. The number of ether oxygens (including phenoxy) is 2. The SMILES string of the molecule is CCCCC/C=C\C\C=C/C=C/C=C/[C@@H](SC[C@H](N)C(=O)OC[C@H](COP(=O)(O)OCC[N+](C)(C)C)OC(=O)CCCCCCCCCCCCCCCCCCC)[C@@H](O)CCCC(=O)O. The molecule has 5 atom stereocenters. The molecule has 0 aromatic heterocycles. The molecule has 0 amide bonds. The van der Waals surface area contributed by atoms with Gasteiger partial charge in [-0.05, 0) is 38.5 Å². The van der Waals surface area contributed by atoms with Crippen LogP contribution in [0.15, 0.2) is 48.6 Å². The first-order valence-corrected chi connectivity index (χ1v) is 27.8. The number of hydrogen-bond donors (Lipinski definition) is 4. The molecule has 0 saturated heterocycles. The first-order valence-electron chi connectivity index (χ1n) is 25.3. The number of carboxylic acids is 1. The maximum atomic E-state index is 13.1. The van der Waals surface area contributed by atoms with Gasteiger partial charge in [0, 0.05) is 23.8 Å². The fraction of sp³-hybridized carbons (Fsp3) is 0.784. The van der Waals surface area contributed by atoms with Gasteiger partial charge >= 0.3 is 25.7 Å². The normalized spacial score (nSPS) is 15.2. The van der Waals surface area contributed by atoms with Crippen molar-refractivity contribution in [2.75, 3.05) is 53.3 Å². The number of carbonyl (C=O) groups is 3. The van der Waals surface area contributed by atoms with Crippen molar-refractivity contribution in [3.05, 3.63) is 48.6 Å². The molecule has 0 radical (unpaired) electrons. The number of nitrogens with two attached hydrogens (primary N) is 1. The number of rotatable bonds is 46. The fourth-order valence-corrected chi connectivity index (χ4v) is 8.62. The van der Waals surface area contributed by atoms with Gasteiger partial charge in [-0.1, -0.05) is 178 Å². The zero-order chi connectivity index (χ0) is 49.2. The van der Waals surface area contributed by atoms with Gasteiger partial charge in [0.2, 0.25) is 0 Å². The summed E-state index contributed by atoms with van der Waals surface area (Å²) in [6.45, 7) is 3.83. The Morgan fingerprint density at radius 1 is 0.697 bits per heavy atom. The van der Waals surface area contributed by atoms with Crippen molar-refractivity contribution in [1.29, 1.82) is 0 Å². The van der Waals surface area contributed by atoms with Crippen molar-refractivity contribution in [2.45, 2.75) is 204 Å². The minimum atomic E-state index is -4.51. The molecule has 0 aliphatic rings. The number of carbonyl (C=O) groups excluding carboxylic acids is 2. The van der Waals surface area contributed by atoms with Crippen molar-refractivity contribution < 1.29 is 57.1 Å². The Labute approximate surface area is 405 Å². The average molecular weight is 974 g/mol. The van der Waals surface area contributed by atoms with E-state index in [1.54, 1.807) is 12.2 Å². The second-order valence-corrected chi connectivity index (χ2v) is 21.1. The molecule has 0 fully saturated rings. The summed E-state index contributed by atoms with van der Waals surface area (Å²) in [6.07, 6.45) is 40.5. The third-order valence-electron chi connectivity index (χ3n) is 10.9. The Balaban J connectivity index is 5.12. The van der Waals surface area contributed by atoms with E-state index >= 15 is 0 Å². The number of aliphatic hydroxyl groups is 1. The Bertz CT molecular complexity index is 1390. The van der Waals surface area contributed by atoms with Gasteiger partial charge in [-0.25, -0.2) is 4.57 Å². The molecule has 0 spiro atoms. The molecule has 384 valence electrons. The van der Waals surface area contributed by atoms with E-state index in [0.717, 1.165) is 32.1 Å². The van der Waals surface area contributed by atoms with Crippen molar-refractivity contribution in [3.8, 4) is 0 Å². The van der Waals surface area contributed by atoms with Crippen LogP contribution < -0.4 is 5.73 Å². The zero-order valence-corrected chi connectivity index (χ0v) is 43.5. The lowest BCUT2D eigenvalue weighted by Crippen LogP contribution is -2.39. The van der Waals surface area contributed by atoms with Gasteiger partial charge in [0.1, 0.15) is 25.8 Å². The number of nitrogens with zero attached hydrogens (tertiary/aromatic N) is 1. The quantitative estimate of drug-likeness (QED) is 0.0113. The molecule has 66 heavy (non-hydrogen) atoms. The summed E-state index contributed by atoms with van der Waals surface area (Å²) in [4.78, 5) is 47.4. The van der Waals surface area contributed by atoms with Crippen molar-refractivity contribution >= 4 is 37.5 Å². The molecule has 5 N–H and O–H groups in total. The molecule has 0 heterocycles. The Morgan fingerprint density at radius 3 is 1.83 bits per heavy atom. The Hall–Kier alpha value is -2.29. The molecule has 15 heteroatoms. The van der Waals surface area contributed by atoms with Crippen LogP contribution in [0.5, 0.6) is 0 Å². The summed E-state index contributed by atoms with van der Waals surface area (Å²) < 4.78 is 34.5. The van der Waals surface area contributed by atoms with Crippen molar-refractivity contribution in [1.82, 2.24) is 0 Å². The highest BCUT2D eigenvalue weighted by atomic mass is 32.2. The first kappa shape index (κ1) is 63.7. The Morgan fingerprint density at radius 2 is 1.26 bits per heavy atom. The van der Waals surface area contributed by atoms with E-state index in [9.17, 15) is 28.9 Å². The summed E-state index contributed by atoms with van der Waals surface area (Å²) in [6, 6.07) is -1.12. The molecule has 0 aromatic carbocycles. The van der Waals surface area contributed by atoms with Gasteiger partial charge in [0.05, 0.1) is 33.9 Å². The molecular weight excluding hydrogens is 880 g/mol. The molecule has 1 unspecified atom stereocenters. The molecule has 0 bridgehead atoms. The van der Waals surface area contributed by atoms with Gasteiger partial charge in [0.25, 0.3) is 0 Å². The standard InChI is InChI=1S/C51H93N2O11PS/c1-6-8-10-12-14-16-18-20-21-22-23-24-26-28-30-32-34-39-50(57)64-45(43-63-65(59,60)62-41-40-53(3,4)5)42-61-51(58)46(52)44-66-48(47(54)36-35-38-49(55)56)37-33-31-29-27-25-19-17-15-13-11-9-7-2/h15,17,25,27,29,31,33,37,45-48,54H,6-14,16,18-24,26,28,30,32,34-36,38-44,52H2,1-5H3,(H-,55,56,59,60)/p+1/b17-15-,27-25-,31-29+,37-33+/t45-,46+,47+,48-/m1/s1. The number of aliphatic carboxylic acids is 1. The van der Waals surface area contributed by atoms with E-state index in [1.165, 1.54) is 114 Å². The highest BCUT2D eigenvalue weighted by Crippen LogP contribution is 2.43. The second-order valence-electron chi connectivity index (χ2n) is 18.4. The largest absolute Gasteiger partial charge is 0.481 e. The number of hydrogen-bond acceptors (Lipinski definition) is 11. The number of quaternary nitrogens is 1. The van der Waals surface area contributed by atoms with Gasteiger partial charge in [-0.15, -0.1) is 11.8 Å². The number of phosphoric acid groups is 1. The van der Waals surface area contributed by atoms with Crippen LogP contribution in [-0.2, 0) is 37.5 Å². The van der Waals surface area contributed by atoms with E-state index in [-0.39, 0.29) is 38.0 Å². The van der Waals surface area contributed by atoms with Crippen LogP contribution in [0, 0.1) is 0 Å². The lowest BCUT2D eigenvalue weighted by atomic mass is 10.0. The third kappa shape index (κ3) is 43.0. The predicted molar refractivity (Wildman–Crippen MR) is 271 cm³/mol. The first-order chi connectivity index (χ1) is 31.6. The molecule has 0 saturated carbocycles. The fourth-order valence-electron chi connectivity index (χ4n) is 6.75. The number of unbranched alkanes of at least 4 members (excludes halogenated alkanes) is 19. The van der Waals surface area contributed by atoms with Crippen LogP contribution in [0.1, 0.15) is 181 Å². The van der Waals surface area contributed by atoms with E-state index in [4.69, 9.17) is 29.4 Å². The number of thioether (sulfide) groups is 1. The number of allylic oxidation sites excluding steroid dienone is 7. The lowest BCUT2D eigenvalue weighted by Gasteiger charge is -2.24. The predicted octanol–water partition coefficient (Wildman–Crippen LogP) is 11.6. The summed E-state index contributed by atoms with van der Waals surface area (Å²) in [5.74, 6) is -2.22. The maximum Gasteiger partial charge on any atom is 0.472 e. The maximum absolute atomic E-state index is 13.1. The van der Waals surface area contributed by atoms with Crippen molar-refractivity contribution in [3.63, 3.8) is 0 Å². The van der Waals surface area contributed by atoms with Crippen molar-refractivity contribution in [2.24, 2.45) is 5.73 Å². The highest BCUT2D eigenvalue weighted by Gasteiger charge is 2.28. The van der Waals surface area contributed by atoms with Crippen LogP contribution in [0.3, 0.4) is 0 Å². The minimum absolute atomic E-state index is 0.0442. The molecule has 0 aromatic rings.